The number of aryl methyl sites for hydroxylation is 1. The highest BCUT2D eigenvalue weighted by atomic mass is 35.5. The molecule has 0 spiro atoms. The number of thiazole rings is 1. The second-order valence-corrected chi connectivity index (χ2v) is 8.33. The molecule has 0 saturated heterocycles. The fourth-order valence-electron chi connectivity index (χ4n) is 2.36. The van der Waals surface area contributed by atoms with Crippen molar-refractivity contribution in [2.24, 2.45) is 0 Å². The molecular formula is C17H14Cl3N5O2S2. The number of amides is 1. The van der Waals surface area contributed by atoms with Gasteiger partial charge in [0.25, 0.3) is 5.91 Å². The minimum absolute atomic E-state index is 0.254. The standard InChI is InChI=1S/C17H14Cl3N5O2S2/c1-3-4-25-15(23-24-17(25)28)14-8(2)21-16(29-14)22-13(26)7-27-12-6-10(19)9(18)5-11(12)20/h3,5-6H,1,4,7H2,2H3,(H,24,28)(H,21,22,26). The third-order valence-corrected chi connectivity index (χ3v) is 6.05. The normalized spacial score (nSPS) is 10.8. The van der Waals surface area contributed by atoms with E-state index in [1.165, 1.54) is 23.5 Å². The molecule has 152 valence electrons. The van der Waals surface area contributed by atoms with Crippen LogP contribution in [0.5, 0.6) is 5.75 Å². The Morgan fingerprint density at radius 3 is 2.83 bits per heavy atom. The van der Waals surface area contributed by atoms with Crippen molar-refractivity contribution >= 4 is 69.4 Å². The smallest absolute Gasteiger partial charge is 0.264 e. The lowest BCUT2D eigenvalue weighted by atomic mass is 10.3. The maximum atomic E-state index is 12.3. The first kappa shape index (κ1) is 21.8. The first-order chi connectivity index (χ1) is 13.8. The number of halogens is 3. The van der Waals surface area contributed by atoms with Gasteiger partial charge in [-0.3, -0.25) is 19.8 Å². The number of carbonyl (C=O) groups is 1. The number of hydrogen-bond donors (Lipinski definition) is 2. The number of aromatic amines is 1. The summed E-state index contributed by atoms with van der Waals surface area (Å²) in [7, 11) is 0. The number of aromatic nitrogens is 4. The monoisotopic (exact) mass is 489 g/mol. The van der Waals surface area contributed by atoms with Gasteiger partial charge in [0.2, 0.25) is 0 Å². The number of ether oxygens (including phenoxy) is 1. The minimum Gasteiger partial charge on any atom is -0.482 e. The molecule has 0 unspecified atom stereocenters. The lowest BCUT2D eigenvalue weighted by Crippen LogP contribution is -2.20. The molecule has 0 aliphatic carbocycles. The van der Waals surface area contributed by atoms with Gasteiger partial charge in [-0.15, -0.1) is 6.58 Å². The van der Waals surface area contributed by atoms with E-state index in [1.54, 1.807) is 10.6 Å². The van der Waals surface area contributed by atoms with Crippen molar-refractivity contribution in [2.75, 3.05) is 11.9 Å². The van der Waals surface area contributed by atoms with Crippen molar-refractivity contribution in [2.45, 2.75) is 13.5 Å². The molecule has 12 heteroatoms. The fourth-order valence-corrected chi connectivity index (χ4v) is 4.14. The van der Waals surface area contributed by atoms with Crippen LogP contribution in [0, 0.1) is 11.7 Å². The Morgan fingerprint density at radius 1 is 1.38 bits per heavy atom. The quantitative estimate of drug-likeness (QED) is 0.258. The zero-order valence-electron chi connectivity index (χ0n) is 15.0. The van der Waals surface area contributed by atoms with Gasteiger partial charge in [0.15, 0.2) is 22.3 Å². The van der Waals surface area contributed by atoms with Crippen LogP contribution in [0.2, 0.25) is 15.1 Å². The zero-order valence-corrected chi connectivity index (χ0v) is 18.9. The first-order valence-corrected chi connectivity index (χ1v) is 10.5. The summed E-state index contributed by atoms with van der Waals surface area (Å²) >= 11 is 24.4. The Labute approximate surface area is 190 Å². The van der Waals surface area contributed by atoms with E-state index in [0.717, 1.165) is 4.88 Å². The first-order valence-electron chi connectivity index (χ1n) is 8.11. The number of anilines is 1. The summed E-state index contributed by atoms with van der Waals surface area (Å²) in [5.41, 5.74) is 0.707. The summed E-state index contributed by atoms with van der Waals surface area (Å²) in [4.78, 5) is 17.4. The number of hydrogen-bond acceptors (Lipinski definition) is 6. The largest absolute Gasteiger partial charge is 0.482 e. The number of nitrogens with one attached hydrogen (secondary N) is 2. The Hall–Kier alpha value is -1.91. The maximum Gasteiger partial charge on any atom is 0.264 e. The molecule has 2 heterocycles. The molecular weight excluding hydrogens is 477 g/mol. The Kier molecular flexibility index (Phi) is 6.97. The summed E-state index contributed by atoms with van der Waals surface area (Å²) in [6.45, 7) is 5.77. The zero-order chi connectivity index (χ0) is 21.1. The van der Waals surface area contributed by atoms with Crippen molar-refractivity contribution in [1.82, 2.24) is 19.7 Å². The molecule has 0 atom stereocenters. The highest BCUT2D eigenvalue weighted by molar-refractivity contribution is 7.71. The third kappa shape index (κ3) is 4.99. The molecule has 0 fully saturated rings. The van der Waals surface area contributed by atoms with Gasteiger partial charge < -0.3 is 4.74 Å². The molecule has 1 amide bonds. The van der Waals surface area contributed by atoms with E-state index in [0.29, 0.717) is 33.0 Å². The van der Waals surface area contributed by atoms with E-state index in [-0.39, 0.29) is 22.4 Å². The van der Waals surface area contributed by atoms with Crippen LogP contribution >= 0.6 is 58.4 Å². The van der Waals surface area contributed by atoms with E-state index < -0.39 is 5.91 Å². The maximum absolute atomic E-state index is 12.3. The molecule has 0 aliphatic rings. The van der Waals surface area contributed by atoms with E-state index in [2.05, 4.69) is 27.1 Å². The molecule has 2 N–H and O–H groups in total. The number of H-pyrrole nitrogens is 1. The predicted octanol–water partition coefficient (Wildman–Crippen LogP) is 5.54. The van der Waals surface area contributed by atoms with Crippen LogP contribution in [-0.2, 0) is 11.3 Å². The summed E-state index contributed by atoms with van der Waals surface area (Å²) in [6.07, 6.45) is 1.72. The van der Waals surface area contributed by atoms with Crippen LogP contribution < -0.4 is 10.1 Å². The SMILES string of the molecule is C=CCn1c(-c2sc(NC(=O)COc3cc(Cl)c(Cl)cc3Cl)nc2C)n[nH]c1=S. The fraction of sp³-hybridized carbons (Fsp3) is 0.176. The number of benzene rings is 1. The van der Waals surface area contributed by atoms with Gasteiger partial charge >= 0.3 is 0 Å². The second-order valence-electron chi connectivity index (χ2n) is 5.72. The molecule has 0 aliphatic heterocycles. The third-order valence-electron chi connectivity index (χ3n) is 3.65. The molecule has 29 heavy (non-hydrogen) atoms. The Balaban J connectivity index is 1.71. The number of nitrogens with zero attached hydrogens (tertiary/aromatic N) is 3. The lowest BCUT2D eigenvalue weighted by Gasteiger charge is -2.08. The van der Waals surface area contributed by atoms with Crippen molar-refractivity contribution in [3.8, 4) is 16.5 Å². The van der Waals surface area contributed by atoms with Gasteiger partial charge in [0, 0.05) is 12.6 Å². The minimum atomic E-state index is -0.405. The van der Waals surface area contributed by atoms with Crippen LogP contribution in [0.3, 0.4) is 0 Å². The van der Waals surface area contributed by atoms with E-state index in [1.807, 2.05) is 6.92 Å². The average molecular weight is 491 g/mol. The van der Waals surface area contributed by atoms with Crippen molar-refractivity contribution in [3.63, 3.8) is 0 Å². The highest BCUT2D eigenvalue weighted by Crippen LogP contribution is 2.34. The van der Waals surface area contributed by atoms with Crippen molar-refractivity contribution in [1.29, 1.82) is 0 Å². The summed E-state index contributed by atoms with van der Waals surface area (Å²) in [5.74, 6) is 0.480. The van der Waals surface area contributed by atoms with Crippen molar-refractivity contribution in [3.05, 3.63) is 50.3 Å². The van der Waals surface area contributed by atoms with Gasteiger partial charge in [-0.05, 0) is 25.2 Å². The Bertz CT molecular complexity index is 1140. The van der Waals surface area contributed by atoms with Gasteiger partial charge in [0.05, 0.1) is 25.6 Å². The lowest BCUT2D eigenvalue weighted by molar-refractivity contribution is -0.118. The topological polar surface area (TPSA) is 84.8 Å². The molecule has 0 saturated carbocycles. The summed E-state index contributed by atoms with van der Waals surface area (Å²) in [6, 6.07) is 2.90. The summed E-state index contributed by atoms with van der Waals surface area (Å²) < 4.78 is 7.70. The van der Waals surface area contributed by atoms with Crippen LogP contribution in [0.4, 0.5) is 5.13 Å². The predicted molar refractivity (Wildman–Crippen MR) is 119 cm³/mol. The number of allylic oxidation sites excluding steroid dienone is 1. The van der Waals surface area contributed by atoms with Gasteiger partial charge in [-0.25, -0.2) is 4.98 Å². The second kappa shape index (κ2) is 9.27. The van der Waals surface area contributed by atoms with Crippen LogP contribution in [0.25, 0.3) is 10.7 Å². The van der Waals surface area contributed by atoms with Gasteiger partial charge in [0.1, 0.15) is 5.75 Å². The molecule has 1 aromatic carbocycles. The molecule has 3 rings (SSSR count). The van der Waals surface area contributed by atoms with Gasteiger partial charge in [-0.1, -0.05) is 52.2 Å². The molecule has 0 bridgehead atoms. The van der Waals surface area contributed by atoms with Crippen LogP contribution in [0.1, 0.15) is 5.69 Å². The van der Waals surface area contributed by atoms with E-state index in [9.17, 15) is 4.79 Å². The van der Waals surface area contributed by atoms with Crippen LogP contribution in [0.15, 0.2) is 24.8 Å². The highest BCUT2D eigenvalue weighted by Gasteiger charge is 2.17. The average Bonchev–Trinajstić information content (AvgIpc) is 3.20. The van der Waals surface area contributed by atoms with Crippen LogP contribution in [-0.4, -0.2) is 32.3 Å². The number of carbonyl (C=O) groups excluding carboxylic acids is 1. The Morgan fingerprint density at radius 2 is 2.10 bits per heavy atom. The van der Waals surface area contributed by atoms with E-state index >= 15 is 0 Å². The molecule has 2 aromatic heterocycles. The molecule has 3 aromatic rings. The number of rotatable bonds is 7. The summed E-state index contributed by atoms with van der Waals surface area (Å²) in [5, 5.41) is 10.9. The van der Waals surface area contributed by atoms with Gasteiger partial charge in [-0.2, -0.15) is 5.10 Å². The molecule has 7 nitrogen and oxygen atoms in total. The molecule has 0 radical (unpaired) electrons. The van der Waals surface area contributed by atoms with E-state index in [4.69, 9.17) is 51.8 Å². The van der Waals surface area contributed by atoms with Crippen molar-refractivity contribution < 1.29 is 9.53 Å².